The van der Waals surface area contributed by atoms with Crippen molar-refractivity contribution in [1.29, 1.82) is 0 Å². The van der Waals surface area contributed by atoms with Gasteiger partial charge in [0.15, 0.2) is 0 Å². The van der Waals surface area contributed by atoms with Crippen molar-refractivity contribution in [2.24, 2.45) is 0 Å². The van der Waals surface area contributed by atoms with E-state index in [9.17, 15) is 16.8 Å². The largest absolute Gasteiger partial charge is 0.243 e. The van der Waals surface area contributed by atoms with Crippen LogP contribution in [0.1, 0.15) is 62.5 Å². The summed E-state index contributed by atoms with van der Waals surface area (Å²) in [6.07, 6.45) is 7.54. The molecule has 0 amide bonds. The molecular weight excluding hydrogens is 396 g/mol. The van der Waals surface area contributed by atoms with Crippen LogP contribution < -0.4 is 0 Å². The van der Waals surface area contributed by atoms with E-state index in [2.05, 4.69) is 0 Å². The average Bonchev–Trinajstić information content (AvgIpc) is 3.07. The van der Waals surface area contributed by atoms with E-state index in [1.807, 2.05) is 0 Å². The molecule has 0 unspecified atom stereocenters. The van der Waals surface area contributed by atoms with Gasteiger partial charge in [-0.05, 0) is 56.7 Å². The van der Waals surface area contributed by atoms with Gasteiger partial charge in [-0.1, -0.05) is 31.7 Å². The first-order valence-corrected chi connectivity index (χ1v) is 13.2. The van der Waals surface area contributed by atoms with E-state index in [1.54, 1.807) is 19.9 Å². The van der Waals surface area contributed by atoms with Crippen molar-refractivity contribution in [3.63, 3.8) is 0 Å². The molecule has 0 aromatic heterocycles. The topological polar surface area (TPSA) is 74.8 Å². The van der Waals surface area contributed by atoms with E-state index in [0.29, 0.717) is 37.3 Å². The van der Waals surface area contributed by atoms with E-state index < -0.39 is 20.0 Å². The van der Waals surface area contributed by atoms with Gasteiger partial charge in [-0.15, -0.1) is 0 Å². The van der Waals surface area contributed by atoms with Crippen LogP contribution >= 0.6 is 0 Å². The molecule has 2 aliphatic rings. The molecule has 8 heteroatoms. The molecule has 1 aromatic rings. The van der Waals surface area contributed by atoms with Crippen LogP contribution in [0.25, 0.3) is 0 Å². The second-order valence-electron chi connectivity index (χ2n) is 8.02. The number of hydrogen-bond donors (Lipinski definition) is 0. The van der Waals surface area contributed by atoms with Crippen LogP contribution in [0.3, 0.4) is 0 Å². The molecule has 0 radical (unpaired) electrons. The third-order valence-electron chi connectivity index (χ3n) is 5.84. The molecule has 2 heterocycles. The van der Waals surface area contributed by atoms with Crippen LogP contribution in [0.5, 0.6) is 0 Å². The van der Waals surface area contributed by atoms with Gasteiger partial charge in [-0.3, -0.25) is 0 Å². The van der Waals surface area contributed by atoms with Crippen LogP contribution in [-0.4, -0.2) is 51.6 Å². The fraction of sp³-hybridized carbons (Fsp3) is 0.700. The average molecular weight is 429 g/mol. The summed E-state index contributed by atoms with van der Waals surface area (Å²) in [5, 5.41) is 0. The molecule has 3 rings (SSSR count). The fourth-order valence-electron chi connectivity index (χ4n) is 4.21. The van der Waals surface area contributed by atoms with E-state index in [-0.39, 0.29) is 9.79 Å². The number of sulfonamides is 2. The molecule has 2 fully saturated rings. The van der Waals surface area contributed by atoms with Crippen molar-refractivity contribution in [3.8, 4) is 0 Å². The molecule has 0 N–H and O–H groups in total. The van der Waals surface area contributed by atoms with Crippen molar-refractivity contribution in [3.05, 3.63) is 23.3 Å². The number of benzene rings is 1. The normalized spacial score (nSPS) is 21.2. The van der Waals surface area contributed by atoms with E-state index in [1.165, 1.54) is 14.7 Å². The quantitative estimate of drug-likeness (QED) is 0.736. The predicted octanol–water partition coefficient (Wildman–Crippen LogP) is 3.43. The second kappa shape index (κ2) is 8.81. The highest BCUT2D eigenvalue weighted by atomic mass is 32.2. The summed E-state index contributed by atoms with van der Waals surface area (Å²) < 4.78 is 56.3. The summed E-state index contributed by atoms with van der Waals surface area (Å²) in [6.45, 7) is 5.52. The molecule has 2 saturated heterocycles. The lowest BCUT2D eigenvalue weighted by Crippen LogP contribution is -2.34. The Morgan fingerprint density at radius 1 is 0.571 bits per heavy atom. The summed E-state index contributed by atoms with van der Waals surface area (Å²) in [5.74, 6) is 0. The Labute approximate surface area is 170 Å². The zero-order valence-electron chi connectivity index (χ0n) is 17.0. The molecule has 0 aliphatic carbocycles. The first kappa shape index (κ1) is 21.7. The number of rotatable bonds is 4. The van der Waals surface area contributed by atoms with Gasteiger partial charge in [-0.25, -0.2) is 16.8 Å². The molecular formula is C20H32N2O4S2. The maximum atomic E-state index is 13.3. The predicted molar refractivity (Wildman–Crippen MR) is 110 cm³/mol. The van der Waals surface area contributed by atoms with Crippen LogP contribution in [0, 0.1) is 13.8 Å². The Hall–Kier alpha value is -0.960. The maximum absolute atomic E-state index is 13.3. The van der Waals surface area contributed by atoms with E-state index >= 15 is 0 Å². The lowest BCUT2D eigenvalue weighted by Gasteiger charge is -2.24. The zero-order valence-corrected chi connectivity index (χ0v) is 18.6. The van der Waals surface area contributed by atoms with Crippen LogP contribution in [-0.2, 0) is 20.0 Å². The lowest BCUT2D eigenvalue weighted by atomic mass is 10.2. The Kier molecular flexibility index (Phi) is 6.84. The van der Waals surface area contributed by atoms with E-state index in [4.69, 9.17) is 0 Å². The van der Waals surface area contributed by atoms with Crippen molar-refractivity contribution in [2.45, 2.75) is 75.0 Å². The molecule has 0 spiro atoms. The minimum Gasteiger partial charge on any atom is -0.207 e. The fourth-order valence-corrected chi connectivity index (χ4v) is 7.79. The van der Waals surface area contributed by atoms with E-state index in [0.717, 1.165) is 51.4 Å². The van der Waals surface area contributed by atoms with Crippen LogP contribution in [0.2, 0.25) is 0 Å². The van der Waals surface area contributed by atoms with Crippen molar-refractivity contribution < 1.29 is 16.8 Å². The number of aryl methyl sites for hydroxylation is 2. The first-order valence-electron chi connectivity index (χ1n) is 10.4. The summed E-state index contributed by atoms with van der Waals surface area (Å²) in [6, 6.07) is 3.11. The highest BCUT2D eigenvalue weighted by Crippen LogP contribution is 2.30. The summed E-state index contributed by atoms with van der Waals surface area (Å²) in [5.41, 5.74) is 1.22. The van der Waals surface area contributed by atoms with Crippen LogP contribution in [0.4, 0.5) is 0 Å². The van der Waals surface area contributed by atoms with Gasteiger partial charge >= 0.3 is 0 Å². The summed E-state index contributed by atoms with van der Waals surface area (Å²) >= 11 is 0. The van der Waals surface area contributed by atoms with Crippen LogP contribution in [0.15, 0.2) is 21.9 Å². The third-order valence-corrected chi connectivity index (χ3v) is 9.92. The highest BCUT2D eigenvalue weighted by Gasteiger charge is 2.32. The second-order valence-corrected chi connectivity index (χ2v) is 11.8. The lowest BCUT2D eigenvalue weighted by molar-refractivity contribution is 0.421. The maximum Gasteiger partial charge on any atom is 0.243 e. The van der Waals surface area contributed by atoms with Gasteiger partial charge in [0.2, 0.25) is 20.0 Å². The molecule has 1 aromatic carbocycles. The Morgan fingerprint density at radius 3 is 1.21 bits per heavy atom. The van der Waals surface area contributed by atoms with Crippen molar-refractivity contribution in [2.75, 3.05) is 26.2 Å². The zero-order chi connectivity index (χ0) is 20.4. The van der Waals surface area contributed by atoms with Gasteiger partial charge in [0.05, 0.1) is 9.79 Å². The van der Waals surface area contributed by atoms with Gasteiger partial charge in [0, 0.05) is 26.2 Å². The standard InChI is InChI=1S/C20H32N2O4S2/c1-17-15-18(2)20(28(25,26)22-13-9-5-6-10-14-22)16-19(17)27(23,24)21-11-7-3-4-8-12-21/h15-16H,3-14H2,1-2H3. The Balaban J connectivity index is 2.02. The summed E-state index contributed by atoms with van der Waals surface area (Å²) in [7, 11) is -7.41. The molecule has 2 aliphatic heterocycles. The van der Waals surface area contributed by atoms with Gasteiger partial charge in [-0.2, -0.15) is 8.61 Å². The van der Waals surface area contributed by atoms with Crippen molar-refractivity contribution in [1.82, 2.24) is 8.61 Å². The molecule has 158 valence electrons. The molecule has 0 saturated carbocycles. The molecule has 0 atom stereocenters. The monoisotopic (exact) mass is 428 g/mol. The summed E-state index contributed by atoms with van der Waals surface area (Å²) in [4.78, 5) is 0.266. The molecule has 28 heavy (non-hydrogen) atoms. The smallest absolute Gasteiger partial charge is 0.207 e. The first-order chi connectivity index (χ1) is 13.2. The highest BCUT2D eigenvalue weighted by molar-refractivity contribution is 7.90. The van der Waals surface area contributed by atoms with Gasteiger partial charge < -0.3 is 0 Å². The Morgan fingerprint density at radius 2 is 0.893 bits per heavy atom. The van der Waals surface area contributed by atoms with Gasteiger partial charge in [0.25, 0.3) is 0 Å². The molecule has 6 nitrogen and oxygen atoms in total. The number of nitrogens with zero attached hydrogens (tertiary/aromatic N) is 2. The minimum absolute atomic E-state index is 0.133. The SMILES string of the molecule is Cc1cc(C)c(S(=O)(=O)N2CCCCCC2)cc1S(=O)(=O)N1CCCCCC1. The number of hydrogen-bond acceptors (Lipinski definition) is 4. The van der Waals surface area contributed by atoms with Crippen molar-refractivity contribution >= 4 is 20.0 Å². The third kappa shape index (κ3) is 4.45. The molecule has 0 bridgehead atoms. The van der Waals surface area contributed by atoms with Gasteiger partial charge in [0.1, 0.15) is 0 Å². The minimum atomic E-state index is -3.70. The Bertz CT molecular complexity index is 823.